The molecular formula is C14H27NO2. The van der Waals surface area contributed by atoms with Crippen LogP contribution in [0.5, 0.6) is 0 Å². The Balaban J connectivity index is 2.47. The van der Waals surface area contributed by atoms with E-state index in [-0.39, 0.29) is 11.9 Å². The van der Waals surface area contributed by atoms with Crippen LogP contribution in [-0.4, -0.2) is 24.7 Å². The molecule has 0 aromatic rings. The van der Waals surface area contributed by atoms with E-state index in [0.29, 0.717) is 5.92 Å². The van der Waals surface area contributed by atoms with Crippen LogP contribution in [0, 0.1) is 5.92 Å². The molecule has 1 saturated carbocycles. The molecule has 0 aromatic heterocycles. The molecule has 0 bridgehead atoms. The monoisotopic (exact) mass is 241 g/mol. The van der Waals surface area contributed by atoms with E-state index in [9.17, 15) is 4.79 Å². The summed E-state index contributed by atoms with van der Waals surface area (Å²) in [6.07, 6.45) is 7.79. The number of hydrogen-bond donors (Lipinski definition) is 1. The van der Waals surface area contributed by atoms with Gasteiger partial charge in [0.2, 0.25) is 0 Å². The van der Waals surface area contributed by atoms with Crippen LogP contribution in [0.1, 0.15) is 59.3 Å². The molecule has 0 spiro atoms. The summed E-state index contributed by atoms with van der Waals surface area (Å²) in [6, 6.07) is 0.259. The van der Waals surface area contributed by atoms with Crippen LogP contribution in [0.25, 0.3) is 0 Å². The quantitative estimate of drug-likeness (QED) is 0.769. The molecular weight excluding hydrogens is 214 g/mol. The predicted octanol–water partition coefficient (Wildman–Crippen LogP) is 2.89. The number of ether oxygens (including phenoxy) is 1. The molecule has 0 aromatic carbocycles. The van der Waals surface area contributed by atoms with Crippen molar-refractivity contribution in [2.24, 2.45) is 5.92 Å². The normalized spacial score (nSPS) is 20.7. The molecule has 1 aliphatic carbocycles. The zero-order valence-corrected chi connectivity index (χ0v) is 11.7. The highest BCUT2D eigenvalue weighted by molar-refractivity contribution is 5.84. The van der Waals surface area contributed by atoms with Crippen molar-refractivity contribution in [1.82, 2.24) is 5.32 Å². The molecule has 0 aliphatic heterocycles. The minimum atomic E-state index is -0.723. The van der Waals surface area contributed by atoms with E-state index in [2.05, 4.69) is 12.2 Å². The van der Waals surface area contributed by atoms with Crippen LogP contribution >= 0.6 is 0 Å². The molecule has 1 rings (SSSR count). The number of nitrogens with one attached hydrogen (secondary N) is 1. The second-order valence-electron chi connectivity index (χ2n) is 5.73. The minimum Gasteiger partial charge on any atom is -0.369 e. The third-order valence-electron chi connectivity index (χ3n) is 4.02. The Morgan fingerprint density at radius 2 is 1.76 bits per heavy atom. The van der Waals surface area contributed by atoms with Crippen molar-refractivity contribution in [3.8, 4) is 0 Å². The SMILES string of the molecule is COC(C)(C)C(=O)N[C@H](C)C1CCCCCC1. The van der Waals surface area contributed by atoms with Gasteiger partial charge in [-0.25, -0.2) is 0 Å². The van der Waals surface area contributed by atoms with Gasteiger partial charge in [-0.15, -0.1) is 0 Å². The van der Waals surface area contributed by atoms with E-state index < -0.39 is 5.60 Å². The number of amides is 1. The molecule has 1 amide bonds. The number of carbonyl (C=O) groups is 1. The van der Waals surface area contributed by atoms with Crippen LogP contribution in [0.3, 0.4) is 0 Å². The summed E-state index contributed by atoms with van der Waals surface area (Å²) in [5.74, 6) is 0.630. The minimum absolute atomic E-state index is 0.00301. The van der Waals surface area contributed by atoms with Crippen LogP contribution in [-0.2, 0) is 9.53 Å². The van der Waals surface area contributed by atoms with Crippen molar-refractivity contribution in [1.29, 1.82) is 0 Å². The Morgan fingerprint density at radius 1 is 1.24 bits per heavy atom. The van der Waals surface area contributed by atoms with Gasteiger partial charge in [-0.1, -0.05) is 25.7 Å². The standard InChI is InChI=1S/C14H27NO2/c1-11(12-9-7-5-6-8-10-12)15-13(16)14(2,3)17-4/h11-12H,5-10H2,1-4H3,(H,15,16)/t11-/m1/s1. The third kappa shape index (κ3) is 4.30. The average Bonchev–Trinajstić information content (AvgIpc) is 2.57. The lowest BCUT2D eigenvalue weighted by molar-refractivity contribution is -0.140. The smallest absolute Gasteiger partial charge is 0.251 e. The number of rotatable bonds is 4. The Morgan fingerprint density at radius 3 is 2.24 bits per heavy atom. The van der Waals surface area contributed by atoms with E-state index in [1.54, 1.807) is 7.11 Å². The molecule has 1 aliphatic rings. The summed E-state index contributed by atoms with van der Waals surface area (Å²) in [6.45, 7) is 5.74. The molecule has 100 valence electrons. The number of hydrogen-bond acceptors (Lipinski definition) is 2. The second kappa shape index (κ2) is 6.39. The van der Waals surface area contributed by atoms with Crippen LogP contribution in [0.2, 0.25) is 0 Å². The lowest BCUT2D eigenvalue weighted by atomic mass is 9.92. The Kier molecular flexibility index (Phi) is 5.44. The van der Waals surface area contributed by atoms with Gasteiger partial charge in [0, 0.05) is 13.2 Å². The average molecular weight is 241 g/mol. The summed E-state index contributed by atoms with van der Waals surface area (Å²) >= 11 is 0. The van der Waals surface area contributed by atoms with Gasteiger partial charge in [0.15, 0.2) is 0 Å². The van der Waals surface area contributed by atoms with E-state index in [4.69, 9.17) is 4.74 Å². The zero-order chi connectivity index (χ0) is 12.9. The second-order valence-corrected chi connectivity index (χ2v) is 5.73. The first-order chi connectivity index (χ1) is 7.97. The zero-order valence-electron chi connectivity index (χ0n) is 11.7. The fraction of sp³-hybridized carbons (Fsp3) is 0.929. The summed E-state index contributed by atoms with van der Waals surface area (Å²) in [5.41, 5.74) is -0.723. The van der Waals surface area contributed by atoms with Gasteiger partial charge in [0.05, 0.1) is 0 Å². The first-order valence-electron chi connectivity index (χ1n) is 6.83. The largest absolute Gasteiger partial charge is 0.369 e. The van der Waals surface area contributed by atoms with Crippen molar-refractivity contribution in [3.63, 3.8) is 0 Å². The van der Waals surface area contributed by atoms with Crippen LogP contribution < -0.4 is 5.32 Å². The topological polar surface area (TPSA) is 38.3 Å². The van der Waals surface area contributed by atoms with Gasteiger partial charge >= 0.3 is 0 Å². The van der Waals surface area contributed by atoms with Gasteiger partial charge in [-0.2, -0.15) is 0 Å². The summed E-state index contributed by atoms with van der Waals surface area (Å²) < 4.78 is 5.20. The first kappa shape index (κ1) is 14.5. The van der Waals surface area contributed by atoms with Gasteiger partial charge in [-0.3, -0.25) is 4.79 Å². The fourth-order valence-electron chi connectivity index (χ4n) is 2.40. The van der Waals surface area contributed by atoms with Crippen molar-refractivity contribution < 1.29 is 9.53 Å². The Bertz CT molecular complexity index is 243. The lowest BCUT2D eigenvalue weighted by Gasteiger charge is -2.28. The highest BCUT2D eigenvalue weighted by atomic mass is 16.5. The number of carbonyl (C=O) groups excluding carboxylic acids is 1. The van der Waals surface area contributed by atoms with Crippen LogP contribution in [0.15, 0.2) is 0 Å². The molecule has 3 heteroatoms. The molecule has 0 heterocycles. The number of methoxy groups -OCH3 is 1. The van der Waals surface area contributed by atoms with Gasteiger partial charge < -0.3 is 10.1 Å². The molecule has 1 atom stereocenters. The molecule has 1 N–H and O–H groups in total. The summed E-state index contributed by atoms with van der Waals surface area (Å²) in [4.78, 5) is 12.0. The van der Waals surface area contributed by atoms with E-state index in [0.717, 1.165) is 0 Å². The molecule has 0 unspecified atom stereocenters. The highest BCUT2D eigenvalue weighted by Crippen LogP contribution is 2.25. The van der Waals surface area contributed by atoms with Gasteiger partial charge in [-0.05, 0) is 39.5 Å². The van der Waals surface area contributed by atoms with Crippen LogP contribution in [0.4, 0.5) is 0 Å². The van der Waals surface area contributed by atoms with Crippen molar-refractivity contribution in [2.75, 3.05) is 7.11 Å². The van der Waals surface area contributed by atoms with Crippen molar-refractivity contribution in [2.45, 2.75) is 70.9 Å². The summed E-state index contributed by atoms with van der Waals surface area (Å²) in [5, 5.41) is 3.10. The lowest BCUT2D eigenvalue weighted by Crippen LogP contribution is -2.49. The fourth-order valence-corrected chi connectivity index (χ4v) is 2.40. The predicted molar refractivity (Wildman–Crippen MR) is 69.9 cm³/mol. The maximum atomic E-state index is 12.0. The maximum Gasteiger partial charge on any atom is 0.251 e. The molecule has 0 saturated heterocycles. The van der Waals surface area contributed by atoms with Gasteiger partial charge in [0.1, 0.15) is 5.60 Å². The van der Waals surface area contributed by atoms with Crippen molar-refractivity contribution >= 4 is 5.91 Å². The Labute approximate surface area is 105 Å². The van der Waals surface area contributed by atoms with E-state index in [1.165, 1.54) is 38.5 Å². The first-order valence-corrected chi connectivity index (χ1v) is 6.83. The van der Waals surface area contributed by atoms with E-state index >= 15 is 0 Å². The molecule has 1 fully saturated rings. The van der Waals surface area contributed by atoms with Gasteiger partial charge in [0.25, 0.3) is 5.91 Å². The molecule has 17 heavy (non-hydrogen) atoms. The Hall–Kier alpha value is -0.570. The maximum absolute atomic E-state index is 12.0. The highest BCUT2D eigenvalue weighted by Gasteiger charge is 2.30. The molecule has 3 nitrogen and oxygen atoms in total. The van der Waals surface area contributed by atoms with Crippen molar-refractivity contribution in [3.05, 3.63) is 0 Å². The van der Waals surface area contributed by atoms with E-state index in [1.807, 2.05) is 13.8 Å². The molecule has 0 radical (unpaired) electrons. The third-order valence-corrected chi connectivity index (χ3v) is 4.02. The summed E-state index contributed by atoms with van der Waals surface area (Å²) in [7, 11) is 1.58.